The van der Waals surface area contributed by atoms with Crippen molar-refractivity contribution in [2.75, 3.05) is 0 Å². The van der Waals surface area contributed by atoms with Crippen molar-refractivity contribution in [2.24, 2.45) is 17.3 Å². The zero-order valence-electron chi connectivity index (χ0n) is 10.6. The standard InChI is InChI=1S/C14H26/c1-7-8-9-12(2)10-13(3)11-14(4,5)6/h8,12-13H,1,9-11H2,2-6H3. The molecule has 0 aliphatic carbocycles. The van der Waals surface area contributed by atoms with Gasteiger partial charge in [-0.05, 0) is 42.6 Å². The van der Waals surface area contributed by atoms with E-state index in [0.717, 1.165) is 18.3 Å². The second kappa shape index (κ2) is 6.09. The van der Waals surface area contributed by atoms with Crippen LogP contribution < -0.4 is 0 Å². The van der Waals surface area contributed by atoms with Gasteiger partial charge >= 0.3 is 0 Å². The van der Waals surface area contributed by atoms with Gasteiger partial charge in [-0.3, -0.25) is 0 Å². The first-order valence-corrected chi connectivity index (χ1v) is 5.69. The molecule has 2 atom stereocenters. The summed E-state index contributed by atoms with van der Waals surface area (Å²) in [4.78, 5) is 0. The first-order chi connectivity index (χ1) is 6.35. The van der Waals surface area contributed by atoms with E-state index in [1.165, 1.54) is 12.8 Å². The summed E-state index contributed by atoms with van der Waals surface area (Å²) < 4.78 is 0. The molecule has 0 fully saturated rings. The summed E-state index contributed by atoms with van der Waals surface area (Å²) in [6.07, 6.45) is 5.80. The number of allylic oxidation sites excluding steroid dienone is 1. The molecule has 0 radical (unpaired) electrons. The van der Waals surface area contributed by atoms with Gasteiger partial charge in [0.15, 0.2) is 0 Å². The molecule has 0 aliphatic rings. The van der Waals surface area contributed by atoms with E-state index in [-0.39, 0.29) is 0 Å². The summed E-state index contributed by atoms with van der Waals surface area (Å²) in [6.45, 7) is 15.2. The molecule has 0 aromatic carbocycles. The minimum atomic E-state index is 0.466. The Morgan fingerprint density at radius 2 is 1.79 bits per heavy atom. The molecular formula is C14H26. The lowest BCUT2D eigenvalue weighted by molar-refractivity contribution is 0.273. The van der Waals surface area contributed by atoms with Gasteiger partial charge in [0, 0.05) is 0 Å². The third kappa shape index (κ3) is 8.13. The van der Waals surface area contributed by atoms with Crippen molar-refractivity contribution >= 4 is 0 Å². The van der Waals surface area contributed by atoms with E-state index in [1.54, 1.807) is 0 Å². The number of rotatable bonds is 5. The molecule has 0 N–H and O–H groups in total. The predicted molar refractivity (Wildman–Crippen MR) is 65.3 cm³/mol. The van der Waals surface area contributed by atoms with E-state index in [9.17, 15) is 0 Å². The summed E-state index contributed by atoms with van der Waals surface area (Å²) in [5.74, 6) is 1.59. The SMILES string of the molecule is C=C=CCC(C)CC(C)CC(C)(C)C. The molecule has 0 spiro atoms. The van der Waals surface area contributed by atoms with Crippen molar-refractivity contribution in [1.82, 2.24) is 0 Å². The lowest BCUT2D eigenvalue weighted by Gasteiger charge is -2.24. The molecule has 0 saturated carbocycles. The van der Waals surface area contributed by atoms with Crippen LogP contribution in [0.3, 0.4) is 0 Å². The molecule has 0 bridgehead atoms. The fourth-order valence-electron chi connectivity index (χ4n) is 2.20. The number of hydrogen-bond donors (Lipinski definition) is 0. The van der Waals surface area contributed by atoms with E-state index in [1.807, 2.05) is 0 Å². The van der Waals surface area contributed by atoms with Gasteiger partial charge in [-0.2, -0.15) is 0 Å². The molecule has 0 aromatic heterocycles. The molecule has 0 aliphatic heterocycles. The molecule has 0 aromatic rings. The largest absolute Gasteiger partial charge is 0.133 e. The second-order valence-corrected chi connectivity index (χ2v) is 5.85. The molecule has 0 rings (SSSR count). The highest BCUT2D eigenvalue weighted by atomic mass is 14.2. The Labute approximate surface area is 90.1 Å². The Bertz CT molecular complexity index is 189. The highest BCUT2D eigenvalue weighted by Crippen LogP contribution is 2.28. The average Bonchev–Trinajstić information content (AvgIpc) is 1.96. The van der Waals surface area contributed by atoms with E-state index < -0.39 is 0 Å². The second-order valence-electron chi connectivity index (χ2n) is 5.85. The van der Waals surface area contributed by atoms with E-state index in [2.05, 4.69) is 53.0 Å². The summed E-state index contributed by atoms with van der Waals surface area (Å²) >= 11 is 0. The van der Waals surface area contributed by atoms with Gasteiger partial charge in [0.25, 0.3) is 0 Å². The van der Waals surface area contributed by atoms with Crippen LogP contribution in [0.15, 0.2) is 18.4 Å². The monoisotopic (exact) mass is 194 g/mol. The molecule has 2 unspecified atom stereocenters. The van der Waals surface area contributed by atoms with Crippen LogP contribution in [0.2, 0.25) is 0 Å². The minimum Gasteiger partial charge on any atom is -0.133 e. The molecule has 0 heterocycles. The Kier molecular flexibility index (Phi) is 5.88. The van der Waals surface area contributed by atoms with Crippen LogP contribution in [0.1, 0.15) is 53.9 Å². The molecular weight excluding hydrogens is 168 g/mol. The van der Waals surface area contributed by atoms with Crippen LogP contribution >= 0.6 is 0 Å². The van der Waals surface area contributed by atoms with Crippen LogP contribution in [0.4, 0.5) is 0 Å². The van der Waals surface area contributed by atoms with Gasteiger partial charge < -0.3 is 0 Å². The normalized spacial score (nSPS) is 15.8. The fraction of sp³-hybridized carbons (Fsp3) is 0.786. The lowest BCUT2D eigenvalue weighted by atomic mass is 9.81. The van der Waals surface area contributed by atoms with Crippen molar-refractivity contribution in [3.8, 4) is 0 Å². The zero-order valence-corrected chi connectivity index (χ0v) is 10.6. The van der Waals surface area contributed by atoms with Gasteiger partial charge in [-0.15, -0.1) is 5.73 Å². The molecule has 0 nitrogen and oxygen atoms in total. The minimum absolute atomic E-state index is 0.466. The van der Waals surface area contributed by atoms with Crippen LogP contribution in [-0.4, -0.2) is 0 Å². The van der Waals surface area contributed by atoms with Gasteiger partial charge in [0.1, 0.15) is 0 Å². The Morgan fingerprint density at radius 3 is 2.21 bits per heavy atom. The maximum atomic E-state index is 3.59. The highest BCUT2D eigenvalue weighted by molar-refractivity contribution is 4.79. The van der Waals surface area contributed by atoms with E-state index >= 15 is 0 Å². The summed E-state index contributed by atoms with van der Waals surface area (Å²) in [7, 11) is 0. The van der Waals surface area contributed by atoms with Crippen LogP contribution in [-0.2, 0) is 0 Å². The van der Waals surface area contributed by atoms with E-state index in [0.29, 0.717) is 5.41 Å². The maximum Gasteiger partial charge on any atom is -0.0249 e. The van der Waals surface area contributed by atoms with Crippen molar-refractivity contribution in [1.29, 1.82) is 0 Å². The highest BCUT2D eigenvalue weighted by Gasteiger charge is 2.16. The topological polar surface area (TPSA) is 0 Å². The summed E-state index contributed by atoms with van der Waals surface area (Å²) in [5, 5.41) is 0. The molecule has 82 valence electrons. The maximum absolute atomic E-state index is 3.59. The molecule has 0 heteroatoms. The van der Waals surface area contributed by atoms with Crippen molar-refractivity contribution in [3.05, 3.63) is 18.4 Å². The van der Waals surface area contributed by atoms with Crippen LogP contribution in [0, 0.1) is 17.3 Å². The quantitative estimate of drug-likeness (QED) is 0.551. The Morgan fingerprint density at radius 1 is 1.21 bits per heavy atom. The van der Waals surface area contributed by atoms with Crippen molar-refractivity contribution in [3.63, 3.8) is 0 Å². The van der Waals surface area contributed by atoms with Crippen LogP contribution in [0.5, 0.6) is 0 Å². The smallest absolute Gasteiger partial charge is 0.0249 e. The number of hydrogen-bond acceptors (Lipinski definition) is 0. The Balaban J connectivity index is 3.81. The van der Waals surface area contributed by atoms with Gasteiger partial charge in [-0.1, -0.05) is 41.2 Å². The Hall–Kier alpha value is -0.480. The average molecular weight is 194 g/mol. The van der Waals surface area contributed by atoms with E-state index in [4.69, 9.17) is 0 Å². The first kappa shape index (κ1) is 13.5. The van der Waals surface area contributed by atoms with Gasteiger partial charge in [0.05, 0.1) is 0 Å². The predicted octanol–water partition coefficient (Wildman–Crippen LogP) is 4.82. The summed E-state index contributed by atoms with van der Waals surface area (Å²) in [6, 6.07) is 0. The molecule has 0 saturated heterocycles. The van der Waals surface area contributed by atoms with Crippen LogP contribution in [0.25, 0.3) is 0 Å². The van der Waals surface area contributed by atoms with Crippen molar-refractivity contribution in [2.45, 2.75) is 53.9 Å². The lowest BCUT2D eigenvalue weighted by Crippen LogP contribution is -2.13. The molecule has 14 heavy (non-hydrogen) atoms. The summed E-state index contributed by atoms with van der Waals surface area (Å²) in [5.41, 5.74) is 3.31. The zero-order chi connectivity index (χ0) is 11.2. The van der Waals surface area contributed by atoms with Gasteiger partial charge in [-0.25, -0.2) is 0 Å². The third-order valence-electron chi connectivity index (χ3n) is 2.43. The first-order valence-electron chi connectivity index (χ1n) is 5.69. The fourth-order valence-corrected chi connectivity index (χ4v) is 2.20. The van der Waals surface area contributed by atoms with Gasteiger partial charge in [0.2, 0.25) is 0 Å². The third-order valence-corrected chi connectivity index (χ3v) is 2.43. The van der Waals surface area contributed by atoms with Crippen molar-refractivity contribution < 1.29 is 0 Å². The molecule has 0 amide bonds.